The fourth-order valence-electron chi connectivity index (χ4n) is 4.97. The number of hydrogen-bond acceptors (Lipinski definition) is 4. The van der Waals surface area contributed by atoms with Crippen LogP contribution in [0.25, 0.3) is 11.1 Å². The number of alkyl halides is 3. The van der Waals surface area contributed by atoms with Gasteiger partial charge in [-0.25, -0.2) is 0 Å². The molecular formula is C29H32F3N3O. The van der Waals surface area contributed by atoms with Crippen LogP contribution < -0.4 is 15.8 Å². The Morgan fingerprint density at radius 1 is 1.00 bits per heavy atom. The van der Waals surface area contributed by atoms with E-state index >= 15 is 0 Å². The molecule has 3 aromatic carbocycles. The Morgan fingerprint density at radius 3 is 2.47 bits per heavy atom. The predicted molar refractivity (Wildman–Crippen MR) is 136 cm³/mol. The normalized spacial score (nSPS) is 22.1. The third kappa shape index (κ3) is 6.09. The zero-order valence-corrected chi connectivity index (χ0v) is 20.2. The lowest BCUT2D eigenvalue weighted by Gasteiger charge is -2.16. The molecular weight excluding hydrogens is 463 g/mol. The number of nitrogens with one attached hydrogen (secondary N) is 1. The molecule has 4 nitrogen and oxygen atoms in total. The molecule has 1 aliphatic carbocycles. The van der Waals surface area contributed by atoms with Crippen LogP contribution >= 0.6 is 0 Å². The molecule has 0 aromatic heterocycles. The first-order chi connectivity index (χ1) is 17.4. The SMILES string of the molecule is N[C@@H]1CCN(CCN[C@H]2CC2c2ccc(OCc3ccccc3)c(-c3ccc(C(F)(F)F)cc3)c2)C1. The van der Waals surface area contributed by atoms with Crippen molar-refractivity contribution in [1.82, 2.24) is 10.2 Å². The van der Waals surface area contributed by atoms with Crippen molar-refractivity contribution in [3.8, 4) is 16.9 Å². The second kappa shape index (κ2) is 10.6. The molecule has 1 saturated carbocycles. The Kier molecular flexibility index (Phi) is 7.32. The summed E-state index contributed by atoms with van der Waals surface area (Å²) in [5.74, 6) is 1.06. The summed E-state index contributed by atoms with van der Waals surface area (Å²) in [5.41, 5.74) is 9.08. The number of nitrogens with two attached hydrogens (primary N) is 1. The maximum Gasteiger partial charge on any atom is 0.416 e. The summed E-state index contributed by atoms with van der Waals surface area (Å²) in [7, 11) is 0. The predicted octanol–water partition coefficient (Wildman–Crippen LogP) is 5.43. The van der Waals surface area contributed by atoms with Crippen molar-refractivity contribution >= 4 is 0 Å². The molecule has 2 aliphatic rings. The summed E-state index contributed by atoms with van der Waals surface area (Å²) in [5, 5.41) is 3.65. The third-order valence-corrected chi connectivity index (χ3v) is 7.13. The Balaban J connectivity index is 1.30. The van der Waals surface area contributed by atoms with Crippen LogP contribution in [-0.2, 0) is 12.8 Å². The molecule has 3 N–H and O–H groups in total. The number of halogens is 3. The average Bonchev–Trinajstić information content (AvgIpc) is 3.53. The summed E-state index contributed by atoms with van der Waals surface area (Å²) in [6, 6.07) is 22.0. The molecule has 5 rings (SSSR count). The summed E-state index contributed by atoms with van der Waals surface area (Å²) in [6.07, 6.45) is -2.24. The van der Waals surface area contributed by atoms with E-state index in [2.05, 4.69) is 22.3 Å². The zero-order chi connectivity index (χ0) is 25.1. The highest BCUT2D eigenvalue weighted by molar-refractivity contribution is 5.72. The van der Waals surface area contributed by atoms with Gasteiger partial charge in [-0.3, -0.25) is 0 Å². The first-order valence-electron chi connectivity index (χ1n) is 12.6. The highest BCUT2D eigenvalue weighted by Gasteiger charge is 2.38. The monoisotopic (exact) mass is 495 g/mol. The van der Waals surface area contributed by atoms with E-state index in [0.717, 1.165) is 62.3 Å². The van der Waals surface area contributed by atoms with Crippen molar-refractivity contribution in [3.63, 3.8) is 0 Å². The molecule has 1 heterocycles. The number of ether oxygens (including phenoxy) is 1. The minimum absolute atomic E-state index is 0.296. The fourth-order valence-corrected chi connectivity index (χ4v) is 4.97. The van der Waals surface area contributed by atoms with E-state index in [1.165, 1.54) is 17.7 Å². The second-order valence-corrected chi connectivity index (χ2v) is 9.86. The zero-order valence-electron chi connectivity index (χ0n) is 20.2. The van der Waals surface area contributed by atoms with Gasteiger partial charge in [0.05, 0.1) is 5.56 Å². The Hall–Kier alpha value is -2.87. The molecule has 3 atom stereocenters. The van der Waals surface area contributed by atoms with Crippen molar-refractivity contribution < 1.29 is 17.9 Å². The van der Waals surface area contributed by atoms with Gasteiger partial charge in [-0.1, -0.05) is 48.5 Å². The van der Waals surface area contributed by atoms with Gasteiger partial charge < -0.3 is 20.7 Å². The lowest BCUT2D eigenvalue weighted by molar-refractivity contribution is -0.137. The Morgan fingerprint density at radius 2 is 1.78 bits per heavy atom. The second-order valence-electron chi connectivity index (χ2n) is 9.86. The summed E-state index contributed by atoms with van der Waals surface area (Å²) < 4.78 is 45.5. The number of rotatable bonds is 9. The van der Waals surface area contributed by atoms with E-state index in [-0.39, 0.29) is 0 Å². The van der Waals surface area contributed by atoms with Crippen LogP contribution in [0, 0.1) is 0 Å². The van der Waals surface area contributed by atoms with Crippen LogP contribution in [-0.4, -0.2) is 43.2 Å². The third-order valence-electron chi connectivity index (χ3n) is 7.13. The molecule has 1 unspecified atom stereocenters. The van der Waals surface area contributed by atoms with Gasteiger partial charge in [-0.2, -0.15) is 13.2 Å². The van der Waals surface area contributed by atoms with E-state index in [0.29, 0.717) is 35.9 Å². The molecule has 2 fully saturated rings. The van der Waals surface area contributed by atoms with Gasteiger partial charge in [0.25, 0.3) is 0 Å². The number of benzene rings is 3. The Bertz CT molecular complexity index is 1150. The molecule has 1 aliphatic heterocycles. The molecule has 3 aromatic rings. The summed E-state index contributed by atoms with van der Waals surface area (Å²) in [6.45, 7) is 4.36. The van der Waals surface area contributed by atoms with Crippen molar-refractivity contribution in [2.75, 3.05) is 26.2 Å². The van der Waals surface area contributed by atoms with E-state index < -0.39 is 11.7 Å². The smallest absolute Gasteiger partial charge is 0.416 e. The molecule has 0 spiro atoms. The quantitative estimate of drug-likeness (QED) is 0.416. The van der Waals surface area contributed by atoms with Gasteiger partial charge in [0.1, 0.15) is 12.4 Å². The van der Waals surface area contributed by atoms with Gasteiger partial charge in [-0.05, 0) is 60.3 Å². The Labute approximate surface area is 210 Å². The molecule has 1 saturated heterocycles. The van der Waals surface area contributed by atoms with Gasteiger partial charge in [0, 0.05) is 43.2 Å². The lowest BCUT2D eigenvalue weighted by atomic mass is 9.98. The number of hydrogen-bond donors (Lipinski definition) is 2. The van der Waals surface area contributed by atoms with Gasteiger partial charge in [-0.15, -0.1) is 0 Å². The standard InChI is InChI=1S/C29H32F3N3O/c30-29(31,32)23-9-6-21(7-10-23)26-16-22(8-11-28(26)36-19-20-4-2-1-3-5-20)25-17-27(25)34-13-15-35-14-12-24(33)18-35/h1-11,16,24-25,27,34H,12-15,17-19,33H2/t24-,25?,27+/m1/s1. The summed E-state index contributed by atoms with van der Waals surface area (Å²) >= 11 is 0. The van der Waals surface area contributed by atoms with Crippen LogP contribution in [0.5, 0.6) is 5.75 Å². The van der Waals surface area contributed by atoms with Gasteiger partial charge in [0.15, 0.2) is 0 Å². The van der Waals surface area contributed by atoms with Crippen LogP contribution in [0.15, 0.2) is 72.8 Å². The van der Waals surface area contributed by atoms with E-state index in [9.17, 15) is 13.2 Å². The molecule has 0 amide bonds. The minimum atomic E-state index is -4.36. The van der Waals surface area contributed by atoms with Crippen LogP contribution in [0.2, 0.25) is 0 Å². The first kappa shape index (κ1) is 24.8. The molecule has 0 radical (unpaired) electrons. The largest absolute Gasteiger partial charge is 0.488 e. The van der Waals surface area contributed by atoms with E-state index in [1.807, 2.05) is 36.4 Å². The van der Waals surface area contributed by atoms with E-state index in [1.54, 1.807) is 0 Å². The molecule has 36 heavy (non-hydrogen) atoms. The van der Waals surface area contributed by atoms with Crippen LogP contribution in [0.3, 0.4) is 0 Å². The van der Waals surface area contributed by atoms with Crippen molar-refractivity contribution in [3.05, 3.63) is 89.5 Å². The minimum Gasteiger partial charge on any atom is -0.488 e. The van der Waals surface area contributed by atoms with Crippen LogP contribution in [0.1, 0.15) is 35.4 Å². The van der Waals surface area contributed by atoms with Crippen molar-refractivity contribution in [2.45, 2.75) is 43.6 Å². The van der Waals surface area contributed by atoms with Crippen molar-refractivity contribution in [1.29, 1.82) is 0 Å². The fraction of sp³-hybridized carbons (Fsp3) is 0.379. The maximum atomic E-state index is 13.1. The number of likely N-dealkylation sites (tertiary alicyclic amines) is 1. The molecule has 0 bridgehead atoms. The highest BCUT2D eigenvalue weighted by atomic mass is 19.4. The van der Waals surface area contributed by atoms with Gasteiger partial charge >= 0.3 is 6.18 Å². The lowest BCUT2D eigenvalue weighted by Crippen LogP contribution is -2.33. The maximum absolute atomic E-state index is 13.1. The average molecular weight is 496 g/mol. The van der Waals surface area contributed by atoms with Crippen LogP contribution in [0.4, 0.5) is 13.2 Å². The summed E-state index contributed by atoms with van der Waals surface area (Å²) in [4.78, 5) is 2.40. The molecule has 190 valence electrons. The number of nitrogens with zero attached hydrogens (tertiary/aromatic N) is 1. The van der Waals surface area contributed by atoms with E-state index in [4.69, 9.17) is 10.5 Å². The van der Waals surface area contributed by atoms with Crippen molar-refractivity contribution in [2.24, 2.45) is 5.73 Å². The topological polar surface area (TPSA) is 50.5 Å². The first-order valence-corrected chi connectivity index (χ1v) is 12.6. The highest BCUT2D eigenvalue weighted by Crippen LogP contribution is 2.44. The van der Waals surface area contributed by atoms with Gasteiger partial charge in [0.2, 0.25) is 0 Å². The molecule has 7 heteroatoms.